The Morgan fingerprint density at radius 1 is 0.973 bits per heavy atom. The molecule has 7 nitrogen and oxygen atoms in total. The van der Waals surface area contributed by atoms with E-state index in [1.54, 1.807) is 4.90 Å². The minimum absolute atomic E-state index is 0.0432. The maximum atomic E-state index is 12.8. The number of imidazole rings is 1. The third-order valence-corrected chi connectivity index (χ3v) is 7.80. The van der Waals surface area contributed by atoms with E-state index in [4.69, 9.17) is 0 Å². The third kappa shape index (κ3) is 5.97. The lowest BCUT2D eigenvalue weighted by atomic mass is 9.94. The molecule has 2 heterocycles. The van der Waals surface area contributed by atoms with E-state index in [2.05, 4.69) is 50.1 Å². The summed E-state index contributed by atoms with van der Waals surface area (Å²) in [6.07, 6.45) is 1.05. The van der Waals surface area contributed by atoms with Crippen molar-refractivity contribution in [2.45, 2.75) is 44.4 Å². The Balaban J connectivity index is 1.35. The van der Waals surface area contributed by atoms with Gasteiger partial charge >= 0.3 is 11.8 Å². The van der Waals surface area contributed by atoms with Crippen molar-refractivity contribution in [3.05, 3.63) is 105 Å². The maximum absolute atomic E-state index is 12.8. The van der Waals surface area contributed by atoms with Gasteiger partial charge in [0.25, 0.3) is 0 Å². The Bertz CT molecular complexity index is 1400. The fourth-order valence-corrected chi connectivity index (χ4v) is 5.73. The van der Waals surface area contributed by atoms with Crippen LogP contribution < -0.4 is 5.69 Å². The van der Waals surface area contributed by atoms with Crippen LogP contribution in [-0.2, 0) is 13.1 Å². The Morgan fingerprint density at radius 2 is 1.65 bits per heavy atom. The summed E-state index contributed by atoms with van der Waals surface area (Å²) < 4.78 is 2.87. The van der Waals surface area contributed by atoms with Gasteiger partial charge in [-0.2, -0.15) is 0 Å². The van der Waals surface area contributed by atoms with Crippen molar-refractivity contribution < 1.29 is 9.90 Å². The fourth-order valence-electron chi connectivity index (χ4n) is 5.46. The number of piperidine rings is 1. The fraction of sp³-hybridized carbons (Fsp3) is 0.310. The summed E-state index contributed by atoms with van der Waals surface area (Å²) in [5.74, 6) is 0. The average Bonchev–Trinajstić information content (AvgIpc) is 3.24. The highest BCUT2D eigenvalue weighted by Crippen LogP contribution is 2.30. The van der Waals surface area contributed by atoms with Crippen LogP contribution >= 0.6 is 15.9 Å². The largest absolute Gasteiger partial charge is 0.465 e. The normalized spacial score (nSPS) is 17.9. The van der Waals surface area contributed by atoms with Gasteiger partial charge in [0.2, 0.25) is 0 Å². The molecule has 0 spiro atoms. The van der Waals surface area contributed by atoms with Crippen molar-refractivity contribution in [3.63, 3.8) is 0 Å². The third-order valence-electron chi connectivity index (χ3n) is 7.27. The van der Waals surface area contributed by atoms with Gasteiger partial charge in [0.1, 0.15) is 0 Å². The molecule has 1 amide bonds. The molecule has 0 radical (unpaired) electrons. The van der Waals surface area contributed by atoms with Gasteiger partial charge < -0.3 is 15.0 Å². The number of hydrogen-bond donors (Lipinski definition) is 2. The van der Waals surface area contributed by atoms with Gasteiger partial charge in [0.15, 0.2) is 0 Å². The number of fused-ring (bicyclic) bond motifs is 1. The topological polar surface area (TPSA) is 81.6 Å². The summed E-state index contributed by atoms with van der Waals surface area (Å²) in [6, 6.07) is 26.2. The molecule has 1 aromatic heterocycles. The van der Waals surface area contributed by atoms with Gasteiger partial charge in [0, 0.05) is 42.7 Å². The number of H-pyrrole nitrogens is 1. The first-order valence-corrected chi connectivity index (χ1v) is 13.5. The van der Waals surface area contributed by atoms with E-state index in [0.717, 1.165) is 35.1 Å². The van der Waals surface area contributed by atoms with Gasteiger partial charge in [0.05, 0.1) is 11.0 Å². The second-order valence-corrected chi connectivity index (χ2v) is 10.7. The van der Waals surface area contributed by atoms with Crippen LogP contribution in [0.1, 0.15) is 36.4 Å². The lowest BCUT2D eigenvalue weighted by Gasteiger charge is -2.39. The first kappa shape index (κ1) is 25.3. The average molecular weight is 563 g/mol. The van der Waals surface area contributed by atoms with Crippen molar-refractivity contribution in [3.8, 4) is 0 Å². The van der Waals surface area contributed by atoms with Gasteiger partial charge in [-0.25, -0.2) is 9.59 Å². The predicted octanol–water partition coefficient (Wildman–Crippen LogP) is 5.87. The zero-order valence-electron chi connectivity index (χ0n) is 20.6. The lowest BCUT2D eigenvalue weighted by Crippen LogP contribution is -2.48. The highest BCUT2D eigenvalue weighted by molar-refractivity contribution is 9.10. The Labute approximate surface area is 224 Å². The van der Waals surface area contributed by atoms with Crippen LogP contribution in [0.15, 0.2) is 88.1 Å². The molecule has 2 N–H and O–H groups in total. The number of halogens is 1. The number of carbonyl (C=O) groups is 1. The number of likely N-dealkylation sites (tertiary alicyclic amines) is 1. The zero-order valence-corrected chi connectivity index (χ0v) is 22.2. The molecule has 0 saturated carbocycles. The standard InChI is InChI=1S/C29H31BrN4O3/c30-23-12-10-22(11-13-23)20-32(19-21-6-2-1-3-7-21)16-14-24-18-25(15-17-33(24)29(36)37)34-27-9-5-4-8-26(27)31-28(34)35/h1-13,24-25H,14-20H2,(H,31,35)(H,36,37)/t24-,25?/m0/s1. The van der Waals surface area contributed by atoms with Crippen molar-refractivity contribution >= 4 is 33.1 Å². The van der Waals surface area contributed by atoms with E-state index in [1.807, 2.05) is 59.2 Å². The van der Waals surface area contributed by atoms with Crippen LogP contribution in [0.4, 0.5) is 4.79 Å². The Morgan fingerprint density at radius 3 is 2.38 bits per heavy atom. The first-order valence-electron chi connectivity index (χ1n) is 12.7. The summed E-state index contributed by atoms with van der Waals surface area (Å²) >= 11 is 3.51. The predicted molar refractivity (Wildman–Crippen MR) is 149 cm³/mol. The van der Waals surface area contributed by atoms with Crippen molar-refractivity contribution in [2.75, 3.05) is 13.1 Å². The SMILES string of the molecule is O=C(O)N1CCC(n2c(=O)[nH]c3ccccc32)C[C@@H]1CCN(Cc1ccccc1)Cc1ccc(Br)cc1. The minimum atomic E-state index is -0.891. The number of aromatic nitrogens is 2. The molecule has 0 aliphatic carbocycles. The zero-order chi connectivity index (χ0) is 25.8. The second-order valence-electron chi connectivity index (χ2n) is 9.74. The Hall–Kier alpha value is -3.36. The van der Waals surface area contributed by atoms with E-state index in [-0.39, 0.29) is 17.8 Å². The molecule has 3 aromatic carbocycles. The smallest absolute Gasteiger partial charge is 0.407 e. The minimum Gasteiger partial charge on any atom is -0.465 e. The summed E-state index contributed by atoms with van der Waals surface area (Å²) in [4.78, 5) is 31.8. The second kappa shape index (κ2) is 11.4. The highest BCUT2D eigenvalue weighted by atomic mass is 79.9. The molecule has 0 bridgehead atoms. The number of hydrogen-bond acceptors (Lipinski definition) is 3. The number of para-hydroxylation sites is 2. The molecule has 37 heavy (non-hydrogen) atoms. The van der Waals surface area contributed by atoms with Gasteiger partial charge in [-0.1, -0.05) is 70.5 Å². The maximum Gasteiger partial charge on any atom is 0.407 e. The van der Waals surface area contributed by atoms with Gasteiger partial charge in [-0.3, -0.25) is 9.47 Å². The summed E-state index contributed by atoms with van der Waals surface area (Å²) in [6.45, 7) is 2.71. The van der Waals surface area contributed by atoms with Crippen molar-refractivity contribution in [2.24, 2.45) is 0 Å². The van der Waals surface area contributed by atoms with Crippen LogP contribution in [0.25, 0.3) is 11.0 Å². The molecular formula is C29H31BrN4O3. The van der Waals surface area contributed by atoms with Crippen LogP contribution in [0.2, 0.25) is 0 Å². The number of nitrogens with one attached hydrogen (secondary N) is 1. The number of nitrogens with zero attached hydrogens (tertiary/aromatic N) is 3. The quantitative estimate of drug-likeness (QED) is 0.281. The van der Waals surface area contributed by atoms with Crippen molar-refractivity contribution in [1.82, 2.24) is 19.4 Å². The van der Waals surface area contributed by atoms with Gasteiger partial charge in [-0.05, 0) is 54.7 Å². The summed E-state index contributed by atoms with van der Waals surface area (Å²) in [5, 5.41) is 9.95. The van der Waals surface area contributed by atoms with Crippen LogP contribution in [-0.4, -0.2) is 49.7 Å². The number of benzene rings is 3. The lowest BCUT2D eigenvalue weighted by molar-refractivity contribution is 0.0812. The van der Waals surface area contributed by atoms with Crippen LogP contribution in [0.3, 0.4) is 0 Å². The molecule has 1 unspecified atom stereocenters. The van der Waals surface area contributed by atoms with E-state index >= 15 is 0 Å². The monoisotopic (exact) mass is 562 g/mol. The number of aromatic amines is 1. The Kier molecular flexibility index (Phi) is 7.76. The molecule has 1 fully saturated rings. The van der Waals surface area contributed by atoms with Crippen LogP contribution in [0.5, 0.6) is 0 Å². The molecule has 5 rings (SSSR count). The molecule has 192 valence electrons. The van der Waals surface area contributed by atoms with Gasteiger partial charge in [-0.15, -0.1) is 0 Å². The first-order chi connectivity index (χ1) is 18.0. The summed E-state index contributed by atoms with van der Waals surface area (Å²) in [7, 11) is 0. The van der Waals surface area contributed by atoms with Crippen LogP contribution in [0, 0.1) is 0 Å². The molecule has 4 aromatic rings. The molecule has 1 aliphatic heterocycles. The molecule has 1 saturated heterocycles. The number of rotatable bonds is 8. The molecule has 8 heteroatoms. The van der Waals surface area contributed by atoms with E-state index < -0.39 is 6.09 Å². The summed E-state index contributed by atoms with van der Waals surface area (Å²) in [5.41, 5.74) is 3.99. The highest BCUT2D eigenvalue weighted by Gasteiger charge is 2.33. The molecule has 1 aliphatic rings. The van der Waals surface area contributed by atoms with E-state index in [1.165, 1.54) is 11.1 Å². The van der Waals surface area contributed by atoms with Crippen molar-refractivity contribution in [1.29, 1.82) is 0 Å². The van der Waals surface area contributed by atoms with E-state index in [0.29, 0.717) is 25.8 Å². The van der Waals surface area contributed by atoms with E-state index in [9.17, 15) is 14.7 Å². The number of carboxylic acid groups (broad SMARTS) is 1. The number of amides is 1. The molecular weight excluding hydrogens is 532 g/mol. The molecule has 2 atom stereocenters.